The maximum atomic E-state index is 9.13. The van der Waals surface area contributed by atoms with Gasteiger partial charge in [0, 0.05) is 39.3 Å². The van der Waals surface area contributed by atoms with Crippen LogP contribution in [0.15, 0.2) is 0 Å². The number of anilines is 3. The molecule has 0 bridgehead atoms. The van der Waals surface area contributed by atoms with E-state index in [2.05, 4.69) is 0 Å². The molecule has 0 radical (unpaired) electrons. The lowest BCUT2D eigenvalue weighted by Crippen LogP contribution is -2.38. The molecule has 1 aromatic rings. The minimum absolute atomic E-state index is 0.0727. The fourth-order valence-corrected chi connectivity index (χ4v) is 7.38. The third kappa shape index (κ3) is 49.8. The normalized spacial score (nSPS) is 13.9. The van der Waals surface area contributed by atoms with Gasteiger partial charge in [-0.2, -0.15) is 15.0 Å². The molecule has 516 valence electrons. The summed E-state index contributed by atoms with van der Waals surface area (Å²) in [6.07, 6.45) is -1.16. The number of aliphatic hydroxyl groups is 6. The average Bonchev–Trinajstić information content (AvgIpc) is 3.67. The molecular formula is C57H114N6O24. The van der Waals surface area contributed by atoms with Crippen LogP contribution in [0.1, 0.15) is 41.5 Å². The van der Waals surface area contributed by atoms with Gasteiger partial charge in [-0.3, -0.25) is 0 Å². The van der Waals surface area contributed by atoms with Gasteiger partial charge in [0.15, 0.2) is 0 Å². The maximum Gasteiger partial charge on any atom is 0.232 e. The highest BCUT2D eigenvalue weighted by atomic mass is 16.6. The van der Waals surface area contributed by atoms with Crippen LogP contribution in [0, 0.1) is 0 Å². The average molecular weight is 1270 g/mol. The molecule has 0 spiro atoms. The van der Waals surface area contributed by atoms with Crippen LogP contribution >= 0.6 is 0 Å². The topological polar surface area (TPSA) is 336 Å². The summed E-state index contributed by atoms with van der Waals surface area (Å²) in [4.78, 5) is 21.3. The highest BCUT2D eigenvalue weighted by Crippen LogP contribution is 2.20. The molecule has 0 aliphatic heterocycles. The van der Waals surface area contributed by atoms with Gasteiger partial charge in [0.25, 0.3) is 0 Å². The third-order valence-electron chi connectivity index (χ3n) is 11.8. The maximum absolute atomic E-state index is 9.13. The Bertz CT molecular complexity index is 1330. The molecule has 1 rings (SSSR count). The Morgan fingerprint density at radius 1 is 0.230 bits per heavy atom. The van der Waals surface area contributed by atoms with Crippen molar-refractivity contribution in [3.8, 4) is 0 Å². The molecule has 30 heteroatoms. The van der Waals surface area contributed by atoms with Crippen LogP contribution < -0.4 is 14.7 Å². The molecule has 87 heavy (non-hydrogen) atoms. The monoisotopic (exact) mass is 1270 g/mol. The van der Waals surface area contributed by atoms with Crippen LogP contribution in [0.5, 0.6) is 0 Å². The first-order chi connectivity index (χ1) is 42.5. The zero-order chi connectivity index (χ0) is 63.5. The summed E-state index contributed by atoms with van der Waals surface area (Å²) in [5, 5.41) is 54.8. The number of hydrogen-bond donors (Lipinski definition) is 6. The predicted molar refractivity (Wildman–Crippen MR) is 321 cm³/mol. The van der Waals surface area contributed by atoms with E-state index in [1.54, 1.807) is 0 Å². The Morgan fingerprint density at radius 2 is 0.379 bits per heavy atom. The Labute approximate surface area is 517 Å². The van der Waals surface area contributed by atoms with Crippen molar-refractivity contribution in [2.75, 3.05) is 292 Å². The van der Waals surface area contributed by atoms with Crippen LogP contribution in [-0.2, 0) is 85.3 Å². The first-order valence-corrected chi connectivity index (χ1v) is 30.8. The summed E-state index contributed by atoms with van der Waals surface area (Å²) in [6, 6.07) is 0. The molecular weight excluding hydrogens is 1150 g/mol. The molecule has 0 saturated carbocycles. The van der Waals surface area contributed by atoms with E-state index in [0.717, 1.165) is 0 Å². The Morgan fingerprint density at radius 3 is 0.529 bits per heavy atom. The van der Waals surface area contributed by atoms with Gasteiger partial charge in [0.2, 0.25) is 17.8 Å². The predicted octanol–water partition coefficient (Wildman–Crippen LogP) is -1.13. The lowest BCUT2D eigenvalue weighted by Gasteiger charge is -2.29. The summed E-state index contributed by atoms with van der Waals surface area (Å²) in [6.45, 7) is 21.6. The van der Waals surface area contributed by atoms with Crippen molar-refractivity contribution < 1.29 is 116 Å². The third-order valence-corrected chi connectivity index (χ3v) is 11.8. The Balaban J connectivity index is 3.70. The second kappa shape index (κ2) is 61.0. The quantitative estimate of drug-likeness (QED) is 0.0421. The van der Waals surface area contributed by atoms with E-state index in [9.17, 15) is 0 Å². The summed E-state index contributed by atoms with van der Waals surface area (Å²) >= 11 is 0. The highest BCUT2D eigenvalue weighted by molar-refractivity contribution is 5.47. The largest absolute Gasteiger partial charge is 0.394 e. The van der Waals surface area contributed by atoms with Gasteiger partial charge in [-0.1, -0.05) is 0 Å². The van der Waals surface area contributed by atoms with Crippen molar-refractivity contribution in [2.24, 2.45) is 0 Å². The first-order valence-electron chi connectivity index (χ1n) is 30.8. The second-order valence-corrected chi connectivity index (χ2v) is 19.8. The molecule has 0 saturated heterocycles. The molecule has 30 nitrogen and oxygen atoms in total. The fourth-order valence-electron chi connectivity index (χ4n) is 7.38. The number of aromatic nitrogens is 3. The molecule has 1 heterocycles. The van der Waals surface area contributed by atoms with Gasteiger partial charge in [0.1, 0.15) is 0 Å². The van der Waals surface area contributed by atoms with E-state index in [1.807, 2.05) is 56.2 Å². The highest BCUT2D eigenvalue weighted by Gasteiger charge is 2.22. The van der Waals surface area contributed by atoms with E-state index >= 15 is 0 Å². The Hall–Kier alpha value is -2.55. The molecule has 6 unspecified atom stereocenters. The molecule has 6 atom stereocenters. The summed E-state index contributed by atoms with van der Waals surface area (Å²) in [5.74, 6) is 1.02. The molecule has 0 amide bonds. The molecule has 1 aromatic heterocycles. The number of aliphatic hydroxyl groups excluding tert-OH is 6. The minimum atomic E-state index is -0.194. The van der Waals surface area contributed by atoms with Crippen LogP contribution in [0.25, 0.3) is 0 Å². The van der Waals surface area contributed by atoms with Gasteiger partial charge in [-0.25, -0.2) is 0 Å². The van der Waals surface area contributed by atoms with Crippen molar-refractivity contribution in [2.45, 2.75) is 78.2 Å². The number of nitrogens with zero attached hydrogens (tertiary/aromatic N) is 6. The fraction of sp³-hybridized carbons (Fsp3) is 0.947. The van der Waals surface area contributed by atoms with Gasteiger partial charge in [-0.05, 0) is 41.5 Å². The van der Waals surface area contributed by atoms with Gasteiger partial charge in [0.05, 0.1) is 274 Å². The van der Waals surface area contributed by atoms with Gasteiger partial charge in [-0.15, -0.1) is 0 Å². The van der Waals surface area contributed by atoms with E-state index in [-0.39, 0.29) is 156 Å². The lowest BCUT2D eigenvalue weighted by molar-refractivity contribution is -0.0318. The molecule has 0 aromatic carbocycles. The number of hydrogen-bond acceptors (Lipinski definition) is 30. The van der Waals surface area contributed by atoms with Crippen molar-refractivity contribution in [3.05, 3.63) is 0 Å². The zero-order valence-corrected chi connectivity index (χ0v) is 53.4. The first kappa shape index (κ1) is 82.5. The van der Waals surface area contributed by atoms with Gasteiger partial charge < -0.3 is 131 Å². The standard InChI is InChI=1S/C57H114N6O24/c1-49(82-25-13-64)43-76-37-31-70-19-7-61(8-20-71-32-38-77-44-50(2)83-26-14-65)55-58-56(62(9-21-72-33-39-78-45-51(3)84-27-15-66)10-22-73-34-40-79-46-52(4)85-28-16-67)60-57(59-55)63(11-23-74-35-41-80-47-53(5)86-29-17-68)12-24-75-36-42-81-48-54(6)87-30-18-69/h49-54,64-69H,7-48H2,1-6H3. The summed E-state index contributed by atoms with van der Waals surface area (Å²) in [7, 11) is 0. The number of ether oxygens (including phenoxy) is 18. The van der Waals surface area contributed by atoms with Crippen molar-refractivity contribution in [3.63, 3.8) is 0 Å². The molecule has 0 fully saturated rings. The van der Waals surface area contributed by atoms with E-state index in [4.69, 9.17) is 131 Å². The lowest BCUT2D eigenvalue weighted by atomic mass is 10.4. The van der Waals surface area contributed by atoms with E-state index in [1.165, 1.54) is 0 Å². The molecule has 6 N–H and O–H groups in total. The number of rotatable bonds is 69. The summed E-state index contributed by atoms with van der Waals surface area (Å²) in [5.41, 5.74) is 0. The van der Waals surface area contributed by atoms with Crippen LogP contribution in [-0.4, -0.2) is 359 Å². The SMILES string of the molecule is CC(COCCOCCN(CCOCCOCC(C)OCCO)c1nc(N(CCOCCOCC(C)OCCO)CCOCCOCC(C)OCCO)nc(N(CCOCCOCC(C)OCCO)CCOCCOCC(C)OCCO)n1)OCCO. The second-order valence-electron chi connectivity index (χ2n) is 19.8. The van der Waals surface area contributed by atoms with E-state index in [0.29, 0.717) is 176 Å². The van der Waals surface area contributed by atoms with Crippen LogP contribution in [0.3, 0.4) is 0 Å². The van der Waals surface area contributed by atoms with Crippen molar-refractivity contribution >= 4 is 17.8 Å². The molecule has 0 aliphatic carbocycles. The van der Waals surface area contributed by atoms with Crippen molar-refractivity contribution in [1.29, 1.82) is 0 Å². The van der Waals surface area contributed by atoms with E-state index < -0.39 is 0 Å². The smallest absolute Gasteiger partial charge is 0.232 e. The van der Waals surface area contributed by atoms with Crippen LogP contribution in [0.4, 0.5) is 17.8 Å². The minimum Gasteiger partial charge on any atom is -0.394 e. The van der Waals surface area contributed by atoms with Gasteiger partial charge >= 0.3 is 0 Å². The summed E-state index contributed by atoms with van der Waals surface area (Å²) < 4.78 is 104. The molecule has 0 aliphatic rings. The van der Waals surface area contributed by atoms with Crippen molar-refractivity contribution in [1.82, 2.24) is 15.0 Å². The van der Waals surface area contributed by atoms with Crippen LogP contribution in [0.2, 0.25) is 0 Å². The zero-order valence-electron chi connectivity index (χ0n) is 53.4. The Kier molecular flexibility index (Phi) is 57.8.